The number of amides is 2. The van der Waals surface area contributed by atoms with Crippen LogP contribution in [0.15, 0.2) is 48.8 Å². The molecule has 1 aliphatic rings. The molecule has 2 aromatic carbocycles. The molecule has 2 amide bonds. The number of aromatic nitrogens is 3. The number of ether oxygens (including phenoxy) is 1. The molecule has 0 atom stereocenters. The van der Waals surface area contributed by atoms with Gasteiger partial charge in [0, 0.05) is 36.4 Å². The van der Waals surface area contributed by atoms with Crippen LogP contribution in [0.1, 0.15) is 11.1 Å². The third-order valence-corrected chi connectivity index (χ3v) is 4.24. The van der Waals surface area contributed by atoms with Gasteiger partial charge in [-0.3, -0.25) is 5.10 Å². The monoisotopic (exact) mass is 364 g/mol. The van der Waals surface area contributed by atoms with Gasteiger partial charge in [-0.1, -0.05) is 18.2 Å². The van der Waals surface area contributed by atoms with E-state index in [4.69, 9.17) is 4.74 Å². The van der Waals surface area contributed by atoms with E-state index in [9.17, 15) is 4.79 Å². The number of fused-ring (bicyclic) bond motifs is 1. The van der Waals surface area contributed by atoms with E-state index in [1.165, 1.54) is 6.33 Å². The molecular weight excluding hydrogens is 344 g/mol. The first-order chi connectivity index (χ1) is 13.3. The van der Waals surface area contributed by atoms with Crippen molar-refractivity contribution in [2.24, 2.45) is 0 Å². The molecule has 0 saturated heterocycles. The lowest BCUT2D eigenvalue weighted by molar-refractivity contribution is 0.251. The predicted molar refractivity (Wildman–Crippen MR) is 101 cm³/mol. The molecule has 0 fully saturated rings. The maximum atomic E-state index is 12.2. The van der Waals surface area contributed by atoms with E-state index in [0.717, 1.165) is 41.2 Å². The van der Waals surface area contributed by atoms with E-state index < -0.39 is 0 Å². The first-order valence-corrected chi connectivity index (χ1v) is 8.74. The molecule has 1 aliphatic heterocycles. The van der Waals surface area contributed by atoms with Gasteiger partial charge in [-0.25, -0.2) is 9.78 Å². The first-order valence-electron chi connectivity index (χ1n) is 8.74. The van der Waals surface area contributed by atoms with Gasteiger partial charge >= 0.3 is 6.03 Å². The van der Waals surface area contributed by atoms with Gasteiger partial charge in [0.15, 0.2) is 5.82 Å². The lowest BCUT2D eigenvalue weighted by Crippen LogP contribution is -2.28. The maximum absolute atomic E-state index is 12.2. The van der Waals surface area contributed by atoms with E-state index in [-0.39, 0.29) is 6.03 Å². The van der Waals surface area contributed by atoms with Crippen molar-refractivity contribution in [2.75, 3.05) is 18.5 Å². The van der Waals surface area contributed by atoms with Crippen LogP contribution in [-0.2, 0) is 13.1 Å². The summed E-state index contributed by atoms with van der Waals surface area (Å²) in [6.45, 7) is 2.59. The summed E-state index contributed by atoms with van der Waals surface area (Å²) in [5, 5.41) is 15.7. The van der Waals surface area contributed by atoms with Crippen LogP contribution in [0, 0.1) is 0 Å². The molecule has 8 heteroatoms. The Kier molecular flexibility index (Phi) is 4.97. The van der Waals surface area contributed by atoms with Crippen molar-refractivity contribution in [3.8, 4) is 17.1 Å². The normalized spacial score (nSPS) is 13.2. The third-order valence-electron chi connectivity index (χ3n) is 4.24. The molecule has 0 spiro atoms. The lowest BCUT2D eigenvalue weighted by atomic mass is 10.1. The number of hydrogen-bond acceptors (Lipinski definition) is 5. The second kappa shape index (κ2) is 7.88. The molecule has 3 aromatic rings. The van der Waals surface area contributed by atoms with Gasteiger partial charge in [0.25, 0.3) is 0 Å². The molecule has 0 radical (unpaired) electrons. The van der Waals surface area contributed by atoms with Crippen molar-refractivity contribution in [3.05, 3.63) is 59.9 Å². The summed E-state index contributed by atoms with van der Waals surface area (Å²) < 4.78 is 5.65. The van der Waals surface area contributed by atoms with Gasteiger partial charge in [0.2, 0.25) is 0 Å². The number of nitrogens with zero attached hydrogens (tertiary/aromatic N) is 2. The smallest absolute Gasteiger partial charge is 0.319 e. The largest absolute Gasteiger partial charge is 0.492 e. The van der Waals surface area contributed by atoms with Crippen molar-refractivity contribution in [2.45, 2.75) is 13.1 Å². The number of benzene rings is 2. The molecule has 1 aromatic heterocycles. The number of aromatic amines is 1. The highest BCUT2D eigenvalue weighted by Gasteiger charge is 2.10. The Labute approximate surface area is 156 Å². The molecular formula is C19H20N6O2. The molecule has 4 N–H and O–H groups in total. The predicted octanol–water partition coefficient (Wildman–Crippen LogP) is 2.28. The fourth-order valence-electron chi connectivity index (χ4n) is 2.92. The highest BCUT2D eigenvalue weighted by Crippen LogP contribution is 2.24. The van der Waals surface area contributed by atoms with Gasteiger partial charge in [-0.05, 0) is 29.8 Å². The summed E-state index contributed by atoms with van der Waals surface area (Å²) in [6, 6.07) is 13.2. The molecule has 2 heterocycles. The first kappa shape index (κ1) is 17.0. The minimum Gasteiger partial charge on any atom is -0.492 e. The van der Waals surface area contributed by atoms with Crippen molar-refractivity contribution in [1.29, 1.82) is 0 Å². The second-order valence-electron chi connectivity index (χ2n) is 6.19. The molecule has 0 aliphatic carbocycles. The molecule has 138 valence electrons. The Bertz CT molecular complexity index is 926. The van der Waals surface area contributed by atoms with Crippen LogP contribution < -0.4 is 20.7 Å². The molecule has 4 rings (SSSR count). The zero-order chi connectivity index (χ0) is 18.5. The molecule has 27 heavy (non-hydrogen) atoms. The SMILES string of the molecule is O=C(NCc1cccc(-c2ncn[nH]2)c1)Nc1ccc2c(c1)CNCCO2. The van der Waals surface area contributed by atoms with Crippen LogP contribution in [-0.4, -0.2) is 34.4 Å². The average Bonchev–Trinajstić information content (AvgIpc) is 3.13. The Morgan fingerprint density at radius 3 is 3.07 bits per heavy atom. The van der Waals surface area contributed by atoms with Gasteiger partial charge in [-0.15, -0.1) is 0 Å². The van der Waals surface area contributed by atoms with E-state index in [1.807, 2.05) is 42.5 Å². The molecule has 0 unspecified atom stereocenters. The van der Waals surface area contributed by atoms with Crippen LogP contribution in [0.25, 0.3) is 11.4 Å². The van der Waals surface area contributed by atoms with Crippen LogP contribution >= 0.6 is 0 Å². The van der Waals surface area contributed by atoms with E-state index in [1.54, 1.807) is 0 Å². The molecule has 8 nitrogen and oxygen atoms in total. The van der Waals surface area contributed by atoms with Gasteiger partial charge in [0.05, 0.1) is 0 Å². The zero-order valence-corrected chi connectivity index (χ0v) is 14.7. The maximum Gasteiger partial charge on any atom is 0.319 e. The van der Waals surface area contributed by atoms with Gasteiger partial charge in [0.1, 0.15) is 18.7 Å². The zero-order valence-electron chi connectivity index (χ0n) is 14.7. The number of H-pyrrole nitrogens is 1. The van der Waals surface area contributed by atoms with E-state index in [0.29, 0.717) is 19.0 Å². The number of nitrogens with one attached hydrogen (secondary N) is 4. The quantitative estimate of drug-likeness (QED) is 0.569. The number of carbonyl (C=O) groups is 1. The summed E-state index contributed by atoms with van der Waals surface area (Å²) in [6.07, 6.45) is 1.47. The van der Waals surface area contributed by atoms with Gasteiger partial charge < -0.3 is 20.7 Å². The summed E-state index contributed by atoms with van der Waals surface area (Å²) in [5.74, 6) is 1.55. The Morgan fingerprint density at radius 2 is 2.19 bits per heavy atom. The molecule has 0 saturated carbocycles. The number of carbonyl (C=O) groups excluding carboxylic acids is 1. The standard InChI is InChI=1S/C19H20N6O2/c26-19(24-16-4-5-17-15(9-16)11-20-6-7-27-17)21-10-13-2-1-3-14(8-13)18-22-12-23-25-18/h1-5,8-9,12,20H,6-7,10-11H2,(H2,21,24,26)(H,22,23,25). The highest BCUT2D eigenvalue weighted by atomic mass is 16.5. The summed E-state index contributed by atoms with van der Waals surface area (Å²) in [5.41, 5.74) is 3.66. The Morgan fingerprint density at radius 1 is 1.22 bits per heavy atom. The third kappa shape index (κ3) is 4.24. The second-order valence-corrected chi connectivity index (χ2v) is 6.19. The average molecular weight is 364 g/mol. The number of rotatable bonds is 4. The summed E-state index contributed by atoms with van der Waals surface area (Å²) >= 11 is 0. The number of urea groups is 1. The van der Waals surface area contributed by atoms with Crippen LogP contribution in [0.2, 0.25) is 0 Å². The minimum absolute atomic E-state index is 0.262. The fraction of sp³-hybridized carbons (Fsp3) is 0.211. The Hall–Kier alpha value is -3.39. The summed E-state index contributed by atoms with van der Waals surface area (Å²) in [7, 11) is 0. The topological polar surface area (TPSA) is 104 Å². The van der Waals surface area contributed by atoms with Gasteiger partial charge in [-0.2, -0.15) is 5.10 Å². The van der Waals surface area contributed by atoms with Crippen molar-refractivity contribution in [1.82, 2.24) is 25.8 Å². The van der Waals surface area contributed by atoms with E-state index >= 15 is 0 Å². The number of anilines is 1. The van der Waals surface area contributed by atoms with Crippen molar-refractivity contribution in [3.63, 3.8) is 0 Å². The highest BCUT2D eigenvalue weighted by molar-refractivity contribution is 5.89. The minimum atomic E-state index is -0.262. The van der Waals surface area contributed by atoms with Crippen molar-refractivity contribution >= 4 is 11.7 Å². The Balaban J connectivity index is 1.36. The fourth-order valence-corrected chi connectivity index (χ4v) is 2.92. The summed E-state index contributed by atoms with van der Waals surface area (Å²) in [4.78, 5) is 16.4. The lowest BCUT2D eigenvalue weighted by Gasteiger charge is -2.11. The number of hydrogen-bond donors (Lipinski definition) is 4. The van der Waals surface area contributed by atoms with Crippen LogP contribution in [0.3, 0.4) is 0 Å². The van der Waals surface area contributed by atoms with E-state index in [2.05, 4.69) is 31.1 Å². The molecule has 0 bridgehead atoms. The van der Waals surface area contributed by atoms with Crippen LogP contribution in [0.5, 0.6) is 5.75 Å². The van der Waals surface area contributed by atoms with Crippen molar-refractivity contribution < 1.29 is 9.53 Å². The van der Waals surface area contributed by atoms with Crippen LogP contribution in [0.4, 0.5) is 10.5 Å².